The molecular formula is C22H28N4O4S. The minimum absolute atomic E-state index is 0.0118. The van der Waals surface area contributed by atoms with Crippen LogP contribution in [-0.2, 0) is 22.4 Å². The van der Waals surface area contributed by atoms with Crippen LogP contribution in [0.1, 0.15) is 23.9 Å². The Morgan fingerprint density at radius 3 is 2.61 bits per heavy atom. The number of fused-ring (bicyclic) bond motifs is 1. The van der Waals surface area contributed by atoms with Gasteiger partial charge in [-0.05, 0) is 31.4 Å². The predicted octanol–water partition coefficient (Wildman–Crippen LogP) is 2.57. The number of anilines is 2. The van der Waals surface area contributed by atoms with Gasteiger partial charge in [-0.3, -0.25) is 9.59 Å². The maximum absolute atomic E-state index is 13.0. The number of carbonyl (C=O) groups excluding carboxylic acids is 2. The largest absolute Gasteiger partial charge is 0.497 e. The highest BCUT2D eigenvalue weighted by molar-refractivity contribution is 7.15. The second kappa shape index (κ2) is 9.13. The van der Waals surface area contributed by atoms with Crippen molar-refractivity contribution in [1.82, 2.24) is 9.88 Å². The summed E-state index contributed by atoms with van der Waals surface area (Å²) in [4.78, 5) is 34.7. The lowest BCUT2D eigenvalue weighted by molar-refractivity contribution is -0.129. The molecule has 1 atom stereocenters. The molecule has 1 aromatic carbocycles. The molecule has 1 aliphatic carbocycles. The van der Waals surface area contributed by atoms with E-state index in [-0.39, 0.29) is 17.7 Å². The molecule has 2 aromatic rings. The van der Waals surface area contributed by atoms with Gasteiger partial charge in [0.2, 0.25) is 11.8 Å². The Balaban J connectivity index is 1.41. The van der Waals surface area contributed by atoms with Crippen molar-refractivity contribution in [2.45, 2.75) is 26.2 Å². The molecule has 8 nitrogen and oxygen atoms in total. The zero-order valence-electron chi connectivity index (χ0n) is 18.1. The SMILES string of the molecule is COc1ccc(OC)c(NC(=O)[C@H]2CCc3nc(N4CCN(C(C)=O)CC4)sc3C2)c1. The molecule has 166 valence electrons. The number of benzene rings is 1. The number of piperazine rings is 1. The third-order valence-corrected chi connectivity index (χ3v) is 7.14. The zero-order valence-corrected chi connectivity index (χ0v) is 19.0. The quantitative estimate of drug-likeness (QED) is 0.763. The molecule has 0 saturated carbocycles. The second-order valence-corrected chi connectivity index (χ2v) is 8.92. The molecule has 0 radical (unpaired) electrons. The Morgan fingerprint density at radius 1 is 1.16 bits per heavy atom. The lowest BCUT2D eigenvalue weighted by Gasteiger charge is -2.33. The number of rotatable bonds is 5. The van der Waals surface area contributed by atoms with Gasteiger partial charge in [-0.25, -0.2) is 4.98 Å². The lowest BCUT2D eigenvalue weighted by Crippen LogP contribution is -2.48. The predicted molar refractivity (Wildman–Crippen MR) is 120 cm³/mol. The smallest absolute Gasteiger partial charge is 0.227 e. The van der Waals surface area contributed by atoms with Crippen LogP contribution in [0.3, 0.4) is 0 Å². The van der Waals surface area contributed by atoms with Crippen LogP contribution in [-0.4, -0.2) is 62.1 Å². The van der Waals surface area contributed by atoms with Crippen LogP contribution in [0.4, 0.5) is 10.8 Å². The monoisotopic (exact) mass is 444 g/mol. The van der Waals surface area contributed by atoms with Crippen LogP contribution in [0.15, 0.2) is 18.2 Å². The molecule has 9 heteroatoms. The van der Waals surface area contributed by atoms with Gasteiger partial charge in [0.1, 0.15) is 11.5 Å². The van der Waals surface area contributed by atoms with E-state index in [0.717, 1.165) is 49.8 Å². The summed E-state index contributed by atoms with van der Waals surface area (Å²) in [5, 5.41) is 4.02. The average molecular weight is 445 g/mol. The maximum atomic E-state index is 13.0. The van der Waals surface area contributed by atoms with Crippen molar-refractivity contribution in [3.05, 3.63) is 28.8 Å². The number of methoxy groups -OCH3 is 2. The highest BCUT2D eigenvalue weighted by atomic mass is 32.1. The van der Waals surface area contributed by atoms with Gasteiger partial charge < -0.3 is 24.6 Å². The molecule has 1 aliphatic heterocycles. The lowest BCUT2D eigenvalue weighted by atomic mass is 9.90. The maximum Gasteiger partial charge on any atom is 0.227 e. The van der Waals surface area contributed by atoms with Gasteiger partial charge in [0.25, 0.3) is 0 Å². The summed E-state index contributed by atoms with van der Waals surface area (Å²) in [5.41, 5.74) is 1.72. The Hall–Kier alpha value is -2.81. The number of aromatic nitrogens is 1. The van der Waals surface area contributed by atoms with E-state index >= 15 is 0 Å². The van der Waals surface area contributed by atoms with Crippen LogP contribution < -0.4 is 19.7 Å². The summed E-state index contributed by atoms with van der Waals surface area (Å²) in [5.74, 6) is 1.28. The molecule has 1 fully saturated rings. The first-order valence-corrected chi connectivity index (χ1v) is 11.3. The van der Waals surface area contributed by atoms with E-state index in [9.17, 15) is 9.59 Å². The Labute approximate surface area is 186 Å². The van der Waals surface area contributed by atoms with E-state index < -0.39 is 0 Å². The van der Waals surface area contributed by atoms with Crippen LogP contribution in [0.25, 0.3) is 0 Å². The molecule has 0 bridgehead atoms. The number of hydrogen-bond donors (Lipinski definition) is 1. The number of carbonyl (C=O) groups is 2. The standard InChI is InChI=1S/C22H28N4O4S/c1-14(27)25-8-10-26(11-9-25)22-24-17-6-4-15(12-20(17)31-22)21(28)23-18-13-16(29-2)5-7-19(18)30-3/h5,7,13,15H,4,6,8-12H2,1-3H3,(H,23,28)/t15-/m0/s1. The number of thiazole rings is 1. The van der Waals surface area contributed by atoms with E-state index in [2.05, 4.69) is 10.2 Å². The Morgan fingerprint density at radius 2 is 1.94 bits per heavy atom. The first-order chi connectivity index (χ1) is 15.0. The van der Waals surface area contributed by atoms with E-state index in [1.54, 1.807) is 50.7 Å². The summed E-state index contributed by atoms with van der Waals surface area (Å²) in [7, 11) is 3.18. The van der Waals surface area contributed by atoms with Gasteiger partial charge in [-0.1, -0.05) is 0 Å². The van der Waals surface area contributed by atoms with Crippen LogP contribution in [0.2, 0.25) is 0 Å². The fourth-order valence-corrected chi connectivity index (χ4v) is 5.32. The highest BCUT2D eigenvalue weighted by Gasteiger charge is 2.30. The van der Waals surface area contributed by atoms with Gasteiger partial charge in [-0.2, -0.15) is 0 Å². The van der Waals surface area contributed by atoms with Gasteiger partial charge in [0.05, 0.1) is 25.6 Å². The minimum Gasteiger partial charge on any atom is -0.497 e. The van der Waals surface area contributed by atoms with Crippen molar-refractivity contribution in [1.29, 1.82) is 0 Å². The van der Waals surface area contributed by atoms with Gasteiger partial charge >= 0.3 is 0 Å². The van der Waals surface area contributed by atoms with Crippen molar-refractivity contribution >= 4 is 34.0 Å². The topological polar surface area (TPSA) is 84.0 Å². The average Bonchev–Trinajstić information content (AvgIpc) is 3.22. The van der Waals surface area contributed by atoms with Crippen molar-refractivity contribution in [2.24, 2.45) is 5.92 Å². The second-order valence-electron chi connectivity index (χ2n) is 7.85. The van der Waals surface area contributed by atoms with Crippen molar-refractivity contribution in [3.8, 4) is 11.5 Å². The van der Waals surface area contributed by atoms with Crippen molar-refractivity contribution in [3.63, 3.8) is 0 Å². The molecule has 0 unspecified atom stereocenters. The molecule has 1 N–H and O–H groups in total. The highest BCUT2D eigenvalue weighted by Crippen LogP contribution is 2.36. The zero-order chi connectivity index (χ0) is 22.0. The molecular weight excluding hydrogens is 416 g/mol. The van der Waals surface area contributed by atoms with Gasteiger partial charge in [-0.15, -0.1) is 11.3 Å². The number of nitrogens with zero attached hydrogens (tertiary/aromatic N) is 3. The van der Waals surface area contributed by atoms with Gasteiger partial charge in [0, 0.05) is 50.0 Å². The molecule has 2 aliphatic rings. The first kappa shape index (κ1) is 21.4. The number of aryl methyl sites for hydroxylation is 1. The molecule has 2 heterocycles. The number of amides is 2. The fourth-order valence-electron chi connectivity index (χ4n) is 4.08. The van der Waals surface area contributed by atoms with Crippen LogP contribution in [0.5, 0.6) is 11.5 Å². The summed E-state index contributed by atoms with van der Waals surface area (Å²) in [6.07, 6.45) is 2.26. The first-order valence-electron chi connectivity index (χ1n) is 10.5. The normalized spacial score (nSPS) is 18.4. The number of hydrogen-bond acceptors (Lipinski definition) is 7. The van der Waals surface area contributed by atoms with Crippen LogP contribution >= 0.6 is 11.3 Å². The van der Waals surface area contributed by atoms with E-state index in [1.807, 2.05) is 4.90 Å². The van der Waals surface area contributed by atoms with Crippen molar-refractivity contribution < 1.29 is 19.1 Å². The van der Waals surface area contributed by atoms with E-state index in [4.69, 9.17) is 14.5 Å². The van der Waals surface area contributed by atoms with E-state index in [0.29, 0.717) is 23.6 Å². The van der Waals surface area contributed by atoms with Gasteiger partial charge in [0.15, 0.2) is 5.13 Å². The fraction of sp³-hybridized carbons (Fsp3) is 0.500. The minimum atomic E-state index is -0.105. The summed E-state index contributed by atoms with van der Waals surface area (Å²) >= 11 is 1.68. The summed E-state index contributed by atoms with van der Waals surface area (Å²) in [6.45, 7) is 4.67. The summed E-state index contributed by atoms with van der Waals surface area (Å²) < 4.78 is 10.6. The third kappa shape index (κ3) is 4.61. The third-order valence-electron chi connectivity index (χ3n) is 5.96. The molecule has 31 heavy (non-hydrogen) atoms. The molecule has 2 amide bonds. The van der Waals surface area contributed by atoms with E-state index in [1.165, 1.54) is 4.88 Å². The Bertz CT molecular complexity index is 968. The molecule has 1 aromatic heterocycles. The summed E-state index contributed by atoms with van der Waals surface area (Å²) in [6, 6.07) is 5.36. The molecule has 0 spiro atoms. The van der Waals surface area contributed by atoms with Crippen molar-refractivity contribution in [2.75, 3.05) is 50.6 Å². The molecule has 4 rings (SSSR count). The molecule has 1 saturated heterocycles. The number of ether oxygens (including phenoxy) is 2. The Kier molecular flexibility index (Phi) is 6.31. The van der Waals surface area contributed by atoms with Crippen LogP contribution in [0, 0.1) is 5.92 Å². The number of nitrogens with one attached hydrogen (secondary N) is 1.